The van der Waals surface area contributed by atoms with Crippen molar-refractivity contribution in [2.45, 2.75) is 0 Å². The first-order chi connectivity index (χ1) is 21.3. The van der Waals surface area contributed by atoms with Crippen LogP contribution in [0.2, 0.25) is 0 Å². The molecule has 0 unspecified atom stereocenters. The van der Waals surface area contributed by atoms with E-state index in [-0.39, 0.29) is 0 Å². The van der Waals surface area contributed by atoms with E-state index in [9.17, 15) is 0 Å². The average molecular weight is 547 g/mol. The van der Waals surface area contributed by atoms with Gasteiger partial charge >= 0.3 is 0 Å². The molecule has 2 aromatic heterocycles. The van der Waals surface area contributed by atoms with Crippen molar-refractivity contribution in [3.63, 3.8) is 0 Å². The second-order valence-electron chi connectivity index (χ2n) is 10.9. The van der Waals surface area contributed by atoms with Gasteiger partial charge in [-0.15, -0.1) is 0 Å². The van der Waals surface area contributed by atoms with Crippen LogP contribution in [0.5, 0.6) is 0 Å². The molecule has 2 heterocycles. The van der Waals surface area contributed by atoms with Crippen LogP contribution in [-0.2, 0) is 0 Å². The van der Waals surface area contributed by atoms with Crippen LogP contribution in [0.3, 0.4) is 0 Å². The van der Waals surface area contributed by atoms with Crippen LogP contribution >= 0.6 is 0 Å². The fraction of sp³-hybridized carbons (Fsp3) is 0. The molecule has 3 nitrogen and oxygen atoms in total. The molecule has 0 radical (unpaired) electrons. The highest BCUT2D eigenvalue weighted by molar-refractivity contribution is 6.28. The van der Waals surface area contributed by atoms with Gasteiger partial charge in [-0.1, -0.05) is 115 Å². The predicted molar refractivity (Wildman–Crippen MR) is 179 cm³/mol. The summed E-state index contributed by atoms with van der Waals surface area (Å²) in [5.74, 6) is 0. The van der Waals surface area contributed by atoms with Crippen LogP contribution in [0.25, 0.3) is 92.4 Å². The third-order valence-electron chi connectivity index (χ3n) is 8.66. The molecule has 0 aliphatic heterocycles. The normalized spacial score (nSPS) is 11.7. The van der Waals surface area contributed by atoms with Crippen LogP contribution in [0.15, 0.2) is 138 Å². The molecule has 0 bridgehead atoms. The maximum atomic E-state index is 7.42. The Labute approximate surface area is 247 Å². The number of hydrogen-bond donors (Lipinski definition) is 0. The van der Waals surface area contributed by atoms with Gasteiger partial charge in [-0.3, -0.25) is 0 Å². The highest BCUT2D eigenvalue weighted by atomic mass is 16.3. The van der Waals surface area contributed by atoms with Crippen molar-refractivity contribution in [3.8, 4) is 22.4 Å². The van der Waals surface area contributed by atoms with Crippen molar-refractivity contribution in [1.29, 1.82) is 0 Å². The maximum Gasteiger partial charge on any atom is 0.187 e. The van der Waals surface area contributed by atoms with Gasteiger partial charge in [0.1, 0.15) is 11.2 Å². The number of pyridine rings is 1. The molecule has 0 saturated heterocycles. The number of rotatable bonds is 2. The molecule has 0 saturated carbocycles. The van der Waals surface area contributed by atoms with E-state index >= 15 is 0 Å². The summed E-state index contributed by atoms with van der Waals surface area (Å²) < 4.78 is 6.59. The molecule has 43 heavy (non-hydrogen) atoms. The molecule has 198 valence electrons. The van der Waals surface area contributed by atoms with Gasteiger partial charge in [0.15, 0.2) is 5.69 Å². The smallest absolute Gasteiger partial charge is 0.187 e. The number of nitrogens with zero attached hydrogens (tertiary/aromatic N) is 2. The molecule has 7 aromatic carbocycles. The third kappa shape index (κ3) is 3.38. The number of aromatic nitrogens is 1. The molecule has 0 atom stereocenters. The Bertz CT molecular complexity index is 2560. The molecule has 0 aliphatic rings. The van der Waals surface area contributed by atoms with Gasteiger partial charge < -0.3 is 4.42 Å². The van der Waals surface area contributed by atoms with Crippen molar-refractivity contribution >= 4 is 70.8 Å². The quantitative estimate of drug-likeness (QED) is 0.123. The van der Waals surface area contributed by atoms with Crippen molar-refractivity contribution in [2.24, 2.45) is 0 Å². The van der Waals surface area contributed by atoms with Crippen molar-refractivity contribution in [1.82, 2.24) is 4.98 Å². The lowest BCUT2D eigenvalue weighted by atomic mass is 9.86. The monoisotopic (exact) mass is 546 g/mol. The van der Waals surface area contributed by atoms with Gasteiger partial charge in [-0.05, 0) is 50.9 Å². The topological polar surface area (TPSA) is 30.4 Å². The number of furan rings is 1. The second-order valence-corrected chi connectivity index (χ2v) is 10.9. The maximum absolute atomic E-state index is 7.42. The van der Waals surface area contributed by atoms with Gasteiger partial charge in [-0.2, -0.15) is 0 Å². The van der Waals surface area contributed by atoms with Crippen molar-refractivity contribution in [3.05, 3.63) is 145 Å². The minimum absolute atomic E-state index is 0.637. The fourth-order valence-corrected chi connectivity index (χ4v) is 6.80. The molecular weight excluding hydrogens is 524 g/mol. The minimum Gasteiger partial charge on any atom is -0.455 e. The van der Waals surface area contributed by atoms with Gasteiger partial charge in [0, 0.05) is 32.5 Å². The van der Waals surface area contributed by atoms with E-state index in [1.807, 2.05) is 24.3 Å². The first-order valence-electron chi connectivity index (χ1n) is 14.3. The first-order valence-corrected chi connectivity index (χ1v) is 14.3. The molecule has 0 spiro atoms. The van der Waals surface area contributed by atoms with E-state index < -0.39 is 0 Å². The van der Waals surface area contributed by atoms with Gasteiger partial charge in [0.25, 0.3) is 0 Å². The number of benzene rings is 7. The Morgan fingerprint density at radius 1 is 0.488 bits per heavy atom. The summed E-state index contributed by atoms with van der Waals surface area (Å²) in [5.41, 5.74) is 7.66. The number of fused-ring (bicyclic) bond motifs is 9. The highest BCUT2D eigenvalue weighted by Crippen LogP contribution is 2.47. The molecular formula is C40H22N2O. The lowest BCUT2D eigenvalue weighted by molar-refractivity contribution is 0.673. The molecule has 9 aromatic rings. The Morgan fingerprint density at radius 2 is 1.05 bits per heavy atom. The van der Waals surface area contributed by atoms with E-state index in [4.69, 9.17) is 16.0 Å². The lowest BCUT2D eigenvalue weighted by Crippen LogP contribution is -1.95. The summed E-state index contributed by atoms with van der Waals surface area (Å²) >= 11 is 0. The lowest BCUT2D eigenvalue weighted by Gasteiger charge is -2.19. The minimum atomic E-state index is 0.637. The van der Waals surface area contributed by atoms with Gasteiger partial charge in [-0.25, -0.2) is 9.83 Å². The van der Waals surface area contributed by atoms with E-state index in [0.29, 0.717) is 5.69 Å². The molecule has 0 aliphatic carbocycles. The van der Waals surface area contributed by atoms with Crippen molar-refractivity contribution in [2.75, 3.05) is 0 Å². The van der Waals surface area contributed by atoms with Crippen molar-refractivity contribution < 1.29 is 4.42 Å². The highest BCUT2D eigenvalue weighted by Gasteiger charge is 2.22. The zero-order valence-electron chi connectivity index (χ0n) is 23.0. The Hall–Kier alpha value is -5.98. The summed E-state index contributed by atoms with van der Waals surface area (Å²) in [6.07, 6.45) is 0. The van der Waals surface area contributed by atoms with E-state index in [1.54, 1.807) is 0 Å². The van der Waals surface area contributed by atoms with Gasteiger partial charge in [0.2, 0.25) is 0 Å². The average Bonchev–Trinajstić information content (AvgIpc) is 3.46. The SMILES string of the molecule is [C-]#[N+]c1ccc(-c2c3ccccc3c(-c3nc4ccccc4c4c3ccc3c5ccccc5oc34)c3ccccc23)cc1. The number of para-hydroxylation sites is 2. The first kappa shape index (κ1) is 23.7. The van der Waals surface area contributed by atoms with Gasteiger partial charge in [0.05, 0.1) is 17.8 Å². The summed E-state index contributed by atoms with van der Waals surface area (Å²) in [7, 11) is 0. The molecule has 9 rings (SSSR count). The largest absolute Gasteiger partial charge is 0.455 e. The fourth-order valence-electron chi connectivity index (χ4n) is 6.80. The molecule has 0 N–H and O–H groups in total. The summed E-state index contributed by atoms with van der Waals surface area (Å²) in [5, 5.41) is 10.0. The second kappa shape index (κ2) is 9.01. The predicted octanol–water partition coefficient (Wildman–Crippen LogP) is 11.5. The molecule has 0 amide bonds. The van der Waals surface area contributed by atoms with E-state index in [1.165, 1.54) is 0 Å². The van der Waals surface area contributed by atoms with Crippen LogP contribution in [0, 0.1) is 6.57 Å². The van der Waals surface area contributed by atoms with Crippen LogP contribution in [-0.4, -0.2) is 4.98 Å². The summed E-state index contributed by atoms with van der Waals surface area (Å²) in [4.78, 5) is 8.99. The van der Waals surface area contributed by atoms with Crippen LogP contribution in [0.4, 0.5) is 5.69 Å². The standard InChI is InChI=1S/C40H22N2O/c1-41-25-20-18-24(19-21-25)36-27-11-2-4-13-29(27)37(30-14-5-3-12-28(30)36)39-33-23-22-31-26-10-7-9-17-35(26)43-40(31)38(33)32-15-6-8-16-34(32)42-39/h2-23H. The summed E-state index contributed by atoms with van der Waals surface area (Å²) in [6.45, 7) is 7.42. The Morgan fingerprint density at radius 3 is 1.72 bits per heavy atom. The van der Waals surface area contributed by atoms with E-state index in [0.717, 1.165) is 87.5 Å². The molecule has 0 fully saturated rings. The Kier molecular flexibility index (Phi) is 4.97. The number of hydrogen-bond acceptors (Lipinski definition) is 2. The third-order valence-corrected chi connectivity index (χ3v) is 8.66. The Balaban J connectivity index is 1.48. The molecule has 3 heteroatoms. The summed E-state index contributed by atoms with van der Waals surface area (Å²) in [6, 6.07) is 46.1. The van der Waals surface area contributed by atoms with Crippen LogP contribution in [0.1, 0.15) is 0 Å². The van der Waals surface area contributed by atoms with E-state index in [2.05, 4.69) is 114 Å². The zero-order chi connectivity index (χ0) is 28.5. The zero-order valence-corrected chi connectivity index (χ0v) is 23.0. The van der Waals surface area contributed by atoms with Crippen LogP contribution < -0.4 is 0 Å².